The fraction of sp³-hybridized carbons (Fsp3) is 0.600. The van der Waals surface area contributed by atoms with Gasteiger partial charge in [-0.1, -0.05) is 55.5 Å². The Morgan fingerprint density at radius 3 is 1.75 bits per heavy atom. The Hall–Kier alpha value is -0.730. The van der Waals surface area contributed by atoms with Gasteiger partial charge >= 0.3 is 0 Å². The van der Waals surface area contributed by atoms with E-state index in [1.807, 2.05) is 0 Å². The highest BCUT2D eigenvalue weighted by Gasteiger charge is 2.36. The predicted octanol–water partition coefficient (Wildman–Crippen LogP) is 5.20. The van der Waals surface area contributed by atoms with Crippen LogP contribution in [0.3, 0.4) is 0 Å². The third-order valence-corrected chi connectivity index (χ3v) is 6.88. The average Bonchev–Trinajstić information content (AvgIpc) is 2.22. The van der Waals surface area contributed by atoms with E-state index in [-0.39, 0.29) is 22.3 Å². The summed E-state index contributed by atoms with van der Waals surface area (Å²) in [6, 6.07) is 3.59. The Morgan fingerprint density at radius 1 is 1.00 bits per heavy atom. The van der Waals surface area contributed by atoms with Crippen molar-refractivity contribution in [3.05, 3.63) is 29.8 Å². The number of halogens is 2. The maximum Gasteiger partial charge on any atom is 0.151 e. The first-order valence-electron chi connectivity index (χ1n) is 6.63. The minimum atomic E-state index is -0.745. The third-order valence-electron chi connectivity index (χ3n) is 3.09. The molecule has 1 N–H and O–H groups in total. The molecule has 5 heteroatoms. The molecule has 0 bridgehead atoms. The Morgan fingerprint density at radius 2 is 1.40 bits per heavy atom. The van der Waals surface area contributed by atoms with Gasteiger partial charge in [0.25, 0.3) is 0 Å². The van der Waals surface area contributed by atoms with E-state index < -0.39 is 19.6 Å². The van der Waals surface area contributed by atoms with Crippen LogP contribution in [0, 0.1) is 11.6 Å². The first-order chi connectivity index (χ1) is 8.94. The molecule has 1 rings (SSSR count). The van der Waals surface area contributed by atoms with Crippen LogP contribution in [0.15, 0.2) is 18.2 Å². The molecule has 0 spiro atoms. The molecule has 0 saturated heterocycles. The van der Waals surface area contributed by atoms with Gasteiger partial charge in [-0.2, -0.15) is 0 Å². The van der Waals surface area contributed by atoms with Crippen LogP contribution in [0.2, 0.25) is 0 Å². The summed E-state index contributed by atoms with van der Waals surface area (Å²) in [6.45, 7) is 12.6. The summed E-state index contributed by atoms with van der Waals surface area (Å²) in [5.41, 5.74) is -0.367. The van der Waals surface area contributed by atoms with Crippen LogP contribution >= 0.6 is 7.92 Å². The molecule has 0 heterocycles. The summed E-state index contributed by atoms with van der Waals surface area (Å²) in [4.78, 5) is 0. The van der Waals surface area contributed by atoms with Crippen LogP contribution in [0.1, 0.15) is 41.5 Å². The molecule has 0 aromatic heterocycles. The van der Waals surface area contributed by atoms with E-state index in [1.165, 1.54) is 6.07 Å². The minimum absolute atomic E-state index is 0.0315. The van der Waals surface area contributed by atoms with Gasteiger partial charge in [-0.15, -0.1) is 0 Å². The molecule has 0 saturated carbocycles. The van der Waals surface area contributed by atoms with Gasteiger partial charge in [0, 0.05) is 0 Å². The van der Waals surface area contributed by atoms with Crippen molar-refractivity contribution in [3.63, 3.8) is 0 Å². The molecule has 0 fully saturated rings. The predicted molar refractivity (Wildman–Crippen MR) is 81.9 cm³/mol. The number of rotatable bonds is 3. The van der Waals surface area contributed by atoms with E-state index in [0.717, 1.165) is 17.2 Å². The minimum Gasteiger partial charge on any atom is -0.288 e. The quantitative estimate of drug-likeness (QED) is 0.613. The highest BCUT2D eigenvalue weighted by Crippen LogP contribution is 2.59. The first kappa shape index (κ1) is 17.3. The normalized spacial score (nSPS) is 12.9. The van der Waals surface area contributed by atoms with Crippen molar-refractivity contribution < 1.29 is 14.0 Å². The zero-order chi connectivity index (χ0) is 15.7. The largest absolute Gasteiger partial charge is 0.288 e. The summed E-state index contributed by atoms with van der Waals surface area (Å²) in [5.74, 6) is -1.49. The average molecular weight is 303 g/mol. The van der Waals surface area contributed by atoms with E-state index in [0.29, 0.717) is 0 Å². The lowest BCUT2D eigenvalue weighted by atomic mass is 10.2. The van der Waals surface area contributed by atoms with Crippen LogP contribution < -0.4 is 5.06 Å². The van der Waals surface area contributed by atoms with Crippen LogP contribution in [0.5, 0.6) is 0 Å². The van der Waals surface area contributed by atoms with Crippen LogP contribution in [0.4, 0.5) is 14.5 Å². The molecule has 0 unspecified atom stereocenters. The highest BCUT2D eigenvalue weighted by atomic mass is 31.1. The second-order valence-corrected chi connectivity index (χ2v) is 10.7. The number of hydroxylamine groups is 1. The van der Waals surface area contributed by atoms with Crippen molar-refractivity contribution in [2.24, 2.45) is 0 Å². The fourth-order valence-electron chi connectivity index (χ4n) is 2.37. The van der Waals surface area contributed by atoms with E-state index in [1.54, 1.807) is 0 Å². The lowest BCUT2D eigenvalue weighted by molar-refractivity contribution is 0.263. The van der Waals surface area contributed by atoms with Gasteiger partial charge in [0.2, 0.25) is 0 Å². The van der Waals surface area contributed by atoms with Gasteiger partial charge in [0.05, 0.1) is 6.29 Å². The summed E-state index contributed by atoms with van der Waals surface area (Å²) >= 11 is 0. The van der Waals surface area contributed by atoms with E-state index in [2.05, 4.69) is 41.5 Å². The van der Waals surface area contributed by atoms with Crippen LogP contribution in [-0.4, -0.2) is 21.8 Å². The maximum absolute atomic E-state index is 13.7. The van der Waals surface area contributed by atoms with E-state index in [4.69, 9.17) is 0 Å². The van der Waals surface area contributed by atoms with Gasteiger partial charge in [-0.05, 0) is 22.4 Å². The standard InChI is InChI=1S/C15H24F2NOP/c1-14(2,3)20(15(4,5)6)10-18(19)13-11(16)8-7-9-12(13)17/h7-9,19H,10H2,1-6H3. The zero-order valence-corrected chi connectivity index (χ0v) is 13.9. The molecule has 0 aliphatic carbocycles. The molecule has 0 aliphatic heterocycles. The number of hydrogen-bond acceptors (Lipinski definition) is 2. The van der Waals surface area contributed by atoms with Gasteiger partial charge < -0.3 is 0 Å². The monoisotopic (exact) mass is 303 g/mol. The smallest absolute Gasteiger partial charge is 0.151 e. The molecule has 0 amide bonds. The number of para-hydroxylation sites is 1. The van der Waals surface area contributed by atoms with Crippen LogP contribution in [0.25, 0.3) is 0 Å². The van der Waals surface area contributed by atoms with E-state index in [9.17, 15) is 14.0 Å². The van der Waals surface area contributed by atoms with Crippen molar-refractivity contribution in [3.8, 4) is 0 Å². The number of nitrogens with zero attached hydrogens (tertiary/aromatic N) is 1. The lowest BCUT2D eigenvalue weighted by Crippen LogP contribution is -2.33. The molecule has 0 aliphatic rings. The van der Waals surface area contributed by atoms with Crippen molar-refractivity contribution in [1.29, 1.82) is 0 Å². The Labute approximate surface area is 121 Å². The molecule has 2 nitrogen and oxygen atoms in total. The molecular formula is C15H24F2NOP. The molecular weight excluding hydrogens is 279 g/mol. The van der Waals surface area contributed by atoms with Crippen molar-refractivity contribution in [1.82, 2.24) is 0 Å². The first-order valence-corrected chi connectivity index (χ1v) is 8.15. The Bertz CT molecular complexity index is 432. The number of anilines is 1. The summed E-state index contributed by atoms with van der Waals surface area (Å²) in [5, 5.41) is 10.8. The lowest BCUT2D eigenvalue weighted by Gasteiger charge is -2.43. The summed E-state index contributed by atoms with van der Waals surface area (Å²) in [6.07, 6.45) is 0.236. The molecule has 114 valence electrons. The molecule has 20 heavy (non-hydrogen) atoms. The zero-order valence-electron chi connectivity index (χ0n) is 13.0. The maximum atomic E-state index is 13.7. The van der Waals surface area contributed by atoms with Gasteiger partial charge in [-0.25, -0.2) is 13.8 Å². The Kier molecular flexibility index (Phi) is 5.15. The highest BCUT2D eigenvalue weighted by molar-refractivity contribution is 7.60. The topological polar surface area (TPSA) is 23.5 Å². The van der Waals surface area contributed by atoms with Crippen molar-refractivity contribution in [2.45, 2.75) is 51.9 Å². The third kappa shape index (κ3) is 4.13. The van der Waals surface area contributed by atoms with Crippen molar-refractivity contribution >= 4 is 13.6 Å². The molecule has 1 aromatic carbocycles. The van der Waals surface area contributed by atoms with Gasteiger partial charge in [-0.3, -0.25) is 5.21 Å². The van der Waals surface area contributed by atoms with Crippen molar-refractivity contribution in [2.75, 3.05) is 11.3 Å². The van der Waals surface area contributed by atoms with Gasteiger partial charge in [0.15, 0.2) is 11.6 Å². The number of hydrogen-bond donors (Lipinski definition) is 1. The molecule has 0 radical (unpaired) electrons. The van der Waals surface area contributed by atoms with Crippen LogP contribution in [-0.2, 0) is 0 Å². The van der Waals surface area contributed by atoms with E-state index >= 15 is 0 Å². The molecule has 0 atom stereocenters. The molecule has 1 aromatic rings. The number of benzene rings is 1. The van der Waals surface area contributed by atoms with Gasteiger partial charge in [0.1, 0.15) is 5.69 Å². The summed E-state index contributed by atoms with van der Waals surface area (Å²) < 4.78 is 27.4. The Balaban J connectivity index is 3.07. The second kappa shape index (κ2) is 5.95. The SMILES string of the molecule is CC(C)(C)P(CN(O)c1c(F)cccc1F)C(C)(C)C. The summed E-state index contributed by atoms with van der Waals surface area (Å²) in [7, 11) is -0.688. The second-order valence-electron chi connectivity index (χ2n) is 6.88. The fourth-order valence-corrected chi connectivity index (χ4v) is 5.64.